The highest BCUT2D eigenvalue weighted by atomic mass is 16.5. The fraction of sp³-hybridized carbons (Fsp3) is 0.727. The van der Waals surface area contributed by atoms with Crippen molar-refractivity contribution in [1.82, 2.24) is 10.6 Å². The first-order valence-electron chi connectivity index (χ1n) is 5.47. The Morgan fingerprint density at radius 1 is 1.47 bits per heavy atom. The van der Waals surface area contributed by atoms with E-state index < -0.39 is 0 Å². The van der Waals surface area contributed by atoms with Crippen molar-refractivity contribution in [1.29, 1.82) is 0 Å². The largest absolute Gasteiger partial charge is 0.385 e. The Hall–Kier alpha value is -0.870. The molecule has 4 heteroatoms. The molecule has 0 fully saturated rings. The highest BCUT2D eigenvalue weighted by molar-refractivity contribution is 5.77. The van der Waals surface area contributed by atoms with Crippen molar-refractivity contribution in [3.8, 4) is 0 Å². The lowest BCUT2D eigenvalue weighted by Gasteiger charge is -2.11. The van der Waals surface area contributed by atoms with E-state index in [1.54, 1.807) is 7.11 Å². The van der Waals surface area contributed by atoms with Crippen LogP contribution in [0.1, 0.15) is 19.3 Å². The molecule has 0 heterocycles. The van der Waals surface area contributed by atoms with Gasteiger partial charge >= 0.3 is 0 Å². The lowest BCUT2D eigenvalue weighted by molar-refractivity contribution is -0.120. The Morgan fingerprint density at radius 3 is 2.87 bits per heavy atom. The minimum atomic E-state index is 0.0676. The summed E-state index contributed by atoms with van der Waals surface area (Å²) in [7, 11) is 1.66. The van der Waals surface area contributed by atoms with Gasteiger partial charge in [0.25, 0.3) is 0 Å². The van der Waals surface area contributed by atoms with Crippen LogP contribution in [-0.2, 0) is 9.53 Å². The molecule has 1 amide bonds. The minimum Gasteiger partial charge on any atom is -0.385 e. The van der Waals surface area contributed by atoms with Crippen LogP contribution >= 0.6 is 0 Å². The molecule has 0 atom stereocenters. The smallest absolute Gasteiger partial charge is 0.233 e. The predicted octanol–water partition coefficient (Wildman–Crippen LogP) is 0.447. The normalized spacial score (nSPS) is 15.8. The molecule has 0 aromatic heterocycles. The lowest BCUT2D eigenvalue weighted by atomic mass is 10.2. The van der Waals surface area contributed by atoms with Gasteiger partial charge in [0.05, 0.1) is 6.54 Å². The van der Waals surface area contributed by atoms with Crippen molar-refractivity contribution in [3.05, 3.63) is 12.2 Å². The molecule has 4 nitrogen and oxygen atoms in total. The van der Waals surface area contributed by atoms with Gasteiger partial charge in [-0.15, -0.1) is 0 Å². The van der Waals surface area contributed by atoms with Gasteiger partial charge in [0.1, 0.15) is 0 Å². The van der Waals surface area contributed by atoms with Crippen molar-refractivity contribution >= 4 is 5.91 Å². The summed E-state index contributed by atoms with van der Waals surface area (Å²) in [5.74, 6) is 0.0676. The second-order valence-electron chi connectivity index (χ2n) is 3.72. The molecular weight excluding hydrogens is 192 g/mol. The molecule has 0 radical (unpaired) electrons. The first-order valence-corrected chi connectivity index (χ1v) is 5.47. The quantitative estimate of drug-likeness (QED) is 0.476. The van der Waals surface area contributed by atoms with Crippen LogP contribution < -0.4 is 10.6 Å². The topological polar surface area (TPSA) is 50.4 Å². The Bertz CT molecular complexity index is 209. The molecule has 0 aromatic carbocycles. The van der Waals surface area contributed by atoms with Gasteiger partial charge in [0.2, 0.25) is 5.91 Å². The van der Waals surface area contributed by atoms with Gasteiger partial charge < -0.3 is 15.4 Å². The average molecular weight is 212 g/mol. The molecule has 86 valence electrons. The molecule has 15 heavy (non-hydrogen) atoms. The van der Waals surface area contributed by atoms with E-state index in [9.17, 15) is 4.79 Å². The van der Waals surface area contributed by atoms with Crippen molar-refractivity contribution < 1.29 is 9.53 Å². The molecule has 0 aliphatic heterocycles. The third kappa shape index (κ3) is 5.54. The number of hydrogen-bond acceptors (Lipinski definition) is 3. The van der Waals surface area contributed by atoms with Gasteiger partial charge in [0.15, 0.2) is 0 Å². The summed E-state index contributed by atoms with van der Waals surface area (Å²) >= 11 is 0. The molecule has 1 aliphatic carbocycles. The maximum Gasteiger partial charge on any atom is 0.233 e. The molecule has 1 rings (SSSR count). The minimum absolute atomic E-state index is 0.0676. The molecule has 0 aromatic rings. The second-order valence-corrected chi connectivity index (χ2v) is 3.72. The molecule has 0 bridgehead atoms. The molecule has 0 saturated carbocycles. The van der Waals surface area contributed by atoms with Gasteiger partial charge in [-0.1, -0.05) is 12.2 Å². The summed E-state index contributed by atoms with van der Waals surface area (Å²) < 4.78 is 4.89. The Kier molecular flexibility index (Phi) is 6.04. The Labute approximate surface area is 91.1 Å². The van der Waals surface area contributed by atoms with Crippen LogP contribution in [0.4, 0.5) is 0 Å². The first kappa shape index (κ1) is 12.2. The molecule has 0 spiro atoms. The zero-order chi connectivity index (χ0) is 10.9. The van der Waals surface area contributed by atoms with E-state index >= 15 is 0 Å². The van der Waals surface area contributed by atoms with Crippen LogP contribution in [0.2, 0.25) is 0 Å². The van der Waals surface area contributed by atoms with E-state index in [1.807, 2.05) is 0 Å². The van der Waals surface area contributed by atoms with Crippen LogP contribution in [0, 0.1) is 0 Å². The fourth-order valence-electron chi connectivity index (χ4n) is 1.53. The van der Waals surface area contributed by atoms with Gasteiger partial charge in [-0.2, -0.15) is 0 Å². The summed E-state index contributed by atoms with van der Waals surface area (Å²) in [6.45, 7) is 1.80. The summed E-state index contributed by atoms with van der Waals surface area (Å²) in [6, 6.07) is 0.453. The van der Waals surface area contributed by atoms with E-state index in [-0.39, 0.29) is 5.91 Å². The van der Waals surface area contributed by atoms with Crippen LogP contribution in [0.15, 0.2) is 12.2 Å². The van der Waals surface area contributed by atoms with Crippen LogP contribution in [0.5, 0.6) is 0 Å². The standard InChI is InChI=1S/C11H20N2O2/c1-15-8-4-7-12-11(14)9-13-10-5-2-3-6-10/h2-3,10,13H,4-9H2,1H3,(H,12,14). The Balaban J connectivity index is 1.93. The molecule has 2 N–H and O–H groups in total. The van der Waals surface area contributed by atoms with Crippen molar-refractivity contribution in [2.75, 3.05) is 26.8 Å². The van der Waals surface area contributed by atoms with Gasteiger partial charge in [-0.25, -0.2) is 0 Å². The number of hydrogen-bond donors (Lipinski definition) is 2. The SMILES string of the molecule is COCCCNC(=O)CNC1CC=CC1. The van der Waals surface area contributed by atoms with Gasteiger partial charge in [-0.05, 0) is 19.3 Å². The fourth-order valence-corrected chi connectivity index (χ4v) is 1.53. The number of rotatable bonds is 7. The molecule has 1 aliphatic rings. The molecule has 0 saturated heterocycles. The third-order valence-electron chi connectivity index (χ3n) is 2.41. The average Bonchev–Trinajstić information content (AvgIpc) is 2.74. The summed E-state index contributed by atoms with van der Waals surface area (Å²) in [5, 5.41) is 6.06. The van der Waals surface area contributed by atoms with E-state index in [0.717, 1.165) is 19.3 Å². The predicted molar refractivity (Wildman–Crippen MR) is 59.7 cm³/mol. The lowest BCUT2D eigenvalue weighted by Crippen LogP contribution is -2.38. The van der Waals surface area contributed by atoms with E-state index in [1.165, 1.54) is 0 Å². The Morgan fingerprint density at radius 2 is 2.20 bits per heavy atom. The summed E-state index contributed by atoms with van der Waals surface area (Å²) in [4.78, 5) is 11.3. The van der Waals surface area contributed by atoms with E-state index in [2.05, 4.69) is 22.8 Å². The van der Waals surface area contributed by atoms with E-state index in [4.69, 9.17) is 4.74 Å². The van der Waals surface area contributed by atoms with Crippen LogP contribution in [0.3, 0.4) is 0 Å². The first-order chi connectivity index (χ1) is 7.33. The number of ether oxygens (including phenoxy) is 1. The third-order valence-corrected chi connectivity index (χ3v) is 2.41. The van der Waals surface area contributed by atoms with Crippen molar-refractivity contribution in [2.24, 2.45) is 0 Å². The van der Waals surface area contributed by atoms with Crippen LogP contribution in [0.25, 0.3) is 0 Å². The number of methoxy groups -OCH3 is 1. The molecular formula is C11H20N2O2. The zero-order valence-electron chi connectivity index (χ0n) is 9.29. The van der Waals surface area contributed by atoms with Gasteiger partial charge in [0, 0.05) is 26.3 Å². The van der Waals surface area contributed by atoms with Crippen LogP contribution in [-0.4, -0.2) is 38.8 Å². The highest BCUT2D eigenvalue weighted by Gasteiger charge is 2.10. The van der Waals surface area contributed by atoms with Crippen molar-refractivity contribution in [2.45, 2.75) is 25.3 Å². The molecule has 0 unspecified atom stereocenters. The number of nitrogens with one attached hydrogen (secondary N) is 2. The van der Waals surface area contributed by atoms with E-state index in [0.29, 0.717) is 25.7 Å². The summed E-state index contributed by atoms with van der Waals surface area (Å²) in [5.41, 5.74) is 0. The monoisotopic (exact) mass is 212 g/mol. The highest BCUT2D eigenvalue weighted by Crippen LogP contribution is 2.08. The number of amides is 1. The number of carbonyl (C=O) groups excluding carboxylic acids is 1. The zero-order valence-corrected chi connectivity index (χ0v) is 9.29. The summed E-state index contributed by atoms with van der Waals surface area (Å²) in [6.07, 6.45) is 7.24. The maximum absolute atomic E-state index is 11.3. The van der Waals surface area contributed by atoms with Gasteiger partial charge in [-0.3, -0.25) is 4.79 Å². The van der Waals surface area contributed by atoms with Crippen molar-refractivity contribution in [3.63, 3.8) is 0 Å². The number of carbonyl (C=O) groups is 1. The second kappa shape index (κ2) is 7.43. The maximum atomic E-state index is 11.3.